The molecular formula is C10H13ClN2O5S2. The van der Waals surface area contributed by atoms with Crippen molar-refractivity contribution < 1.29 is 18.1 Å². The molecule has 0 saturated carbocycles. The summed E-state index contributed by atoms with van der Waals surface area (Å²) >= 11 is 6.42. The van der Waals surface area contributed by atoms with Crippen molar-refractivity contribution >= 4 is 38.6 Å². The molecule has 0 unspecified atom stereocenters. The number of nitrogens with zero attached hydrogens (tertiary/aromatic N) is 2. The van der Waals surface area contributed by atoms with Gasteiger partial charge in [0.1, 0.15) is 4.21 Å². The number of hydrogen-bond donors (Lipinski definition) is 0. The lowest BCUT2D eigenvalue weighted by Gasteiger charge is -2.40. The molecule has 7 nitrogen and oxygen atoms in total. The largest absolute Gasteiger partial charge is 0.378 e. The Morgan fingerprint density at radius 3 is 2.70 bits per heavy atom. The maximum atomic E-state index is 12.6. The van der Waals surface area contributed by atoms with Crippen molar-refractivity contribution in [3.8, 4) is 0 Å². The molecule has 1 saturated heterocycles. The lowest BCUT2D eigenvalue weighted by atomic mass is 10.1. The van der Waals surface area contributed by atoms with E-state index in [9.17, 15) is 18.5 Å². The van der Waals surface area contributed by atoms with Crippen molar-refractivity contribution in [2.24, 2.45) is 0 Å². The Balaban J connectivity index is 2.45. The molecule has 1 fully saturated rings. The number of nitro groups is 1. The summed E-state index contributed by atoms with van der Waals surface area (Å²) in [6.07, 6.45) is 0. The molecule has 2 rings (SSSR count). The average molecular weight is 341 g/mol. The molecule has 1 aliphatic heterocycles. The fraction of sp³-hybridized carbons (Fsp3) is 0.600. The number of morpholine rings is 1. The van der Waals surface area contributed by atoms with Crippen LogP contribution in [0.5, 0.6) is 0 Å². The summed E-state index contributed by atoms with van der Waals surface area (Å²) < 4.78 is 31.5. The number of rotatable bonds is 3. The molecule has 0 N–H and O–H groups in total. The molecule has 0 bridgehead atoms. The Labute approximate surface area is 125 Å². The number of thiophene rings is 1. The molecular weight excluding hydrogens is 328 g/mol. The number of sulfonamides is 1. The van der Waals surface area contributed by atoms with Gasteiger partial charge in [-0.25, -0.2) is 8.42 Å². The van der Waals surface area contributed by atoms with Crippen LogP contribution in [-0.2, 0) is 14.8 Å². The standard InChI is InChI=1S/C10H13ClN2O5S2/c1-10(2)6-18-4-3-12(10)20(16,17)8-5-7(13(14)15)9(11)19-8/h5H,3-4,6H2,1-2H3. The van der Waals surface area contributed by atoms with Crippen LogP contribution in [0.3, 0.4) is 0 Å². The summed E-state index contributed by atoms with van der Waals surface area (Å²) in [4.78, 5) is 10.1. The SMILES string of the molecule is CC1(C)COCCN1S(=O)(=O)c1cc([N+](=O)[O-])c(Cl)s1. The van der Waals surface area contributed by atoms with Crippen molar-refractivity contribution in [3.63, 3.8) is 0 Å². The average Bonchev–Trinajstić information content (AvgIpc) is 2.71. The monoisotopic (exact) mass is 340 g/mol. The molecule has 2 heterocycles. The van der Waals surface area contributed by atoms with E-state index in [-0.39, 0.29) is 27.4 Å². The second kappa shape index (κ2) is 5.23. The van der Waals surface area contributed by atoms with Gasteiger partial charge >= 0.3 is 0 Å². The fourth-order valence-electron chi connectivity index (χ4n) is 1.99. The minimum absolute atomic E-state index is 0.121. The van der Waals surface area contributed by atoms with Gasteiger partial charge in [0.15, 0.2) is 4.34 Å². The Morgan fingerprint density at radius 2 is 2.20 bits per heavy atom. The van der Waals surface area contributed by atoms with Gasteiger partial charge in [-0.05, 0) is 13.8 Å². The van der Waals surface area contributed by atoms with Crippen molar-refractivity contribution in [2.75, 3.05) is 19.8 Å². The third-order valence-corrected chi connectivity index (χ3v) is 6.85. The van der Waals surface area contributed by atoms with Crippen LogP contribution in [-0.4, -0.2) is 42.9 Å². The molecule has 1 aromatic heterocycles. The minimum atomic E-state index is -3.82. The zero-order chi connectivity index (χ0) is 15.1. The summed E-state index contributed by atoms with van der Waals surface area (Å²) in [6, 6.07) is 1.01. The lowest BCUT2D eigenvalue weighted by molar-refractivity contribution is -0.384. The predicted octanol–water partition coefficient (Wildman–Crippen LogP) is 2.11. The Morgan fingerprint density at radius 1 is 1.55 bits per heavy atom. The van der Waals surface area contributed by atoms with E-state index >= 15 is 0 Å². The highest BCUT2D eigenvalue weighted by Gasteiger charge is 2.41. The van der Waals surface area contributed by atoms with Crippen LogP contribution in [0.15, 0.2) is 10.3 Å². The summed E-state index contributed by atoms with van der Waals surface area (Å²) in [6.45, 7) is 4.26. The van der Waals surface area contributed by atoms with Gasteiger partial charge in [-0.15, -0.1) is 11.3 Å². The van der Waals surface area contributed by atoms with E-state index in [1.165, 1.54) is 4.31 Å². The quantitative estimate of drug-likeness (QED) is 0.621. The van der Waals surface area contributed by atoms with Gasteiger partial charge in [0.25, 0.3) is 15.7 Å². The van der Waals surface area contributed by atoms with Gasteiger partial charge in [0, 0.05) is 12.6 Å². The Hall–Kier alpha value is -0.740. The number of halogens is 1. The first-order chi connectivity index (χ1) is 9.16. The first-order valence-corrected chi connectivity index (χ1v) is 8.34. The third kappa shape index (κ3) is 2.68. The molecule has 0 amide bonds. The highest BCUT2D eigenvalue weighted by atomic mass is 35.5. The summed E-state index contributed by atoms with van der Waals surface area (Å²) in [7, 11) is -3.82. The van der Waals surface area contributed by atoms with E-state index in [1.807, 2.05) is 0 Å². The van der Waals surface area contributed by atoms with Gasteiger partial charge in [-0.1, -0.05) is 11.6 Å². The smallest absolute Gasteiger partial charge is 0.300 e. The van der Waals surface area contributed by atoms with Crippen molar-refractivity contribution in [1.82, 2.24) is 4.31 Å². The van der Waals surface area contributed by atoms with Crippen molar-refractivity contribution in [2.45, 2.75) is 23.6 Å². The number of hydrogen-bond acceptors (Lipinski definition) is 6. The topological polar surface area (TPSA) is 89.8 Å². The second-order valence-corrected chi connectivity index (χ2v) is 8.67. The van der Waals surface area contributed by atoms with Gasteiger partial charge in [0.2, 0.25) is 0 Å². The highest BCUT2D eigenvalue weighted by molar-refractivity contribution is 7.91. The zero-order valence-electron chi connectivity index (χ0n) is 10.8. The molecule has 0 spiro atoms. The van der Waals surface area contributed by atoms with Crippen LogP contribution in [0.1, 0.15) is 13.8 Å². The van der Waals surface area contributed by atoms with Crippen LogP contribution in [0.2, 0.25) is 4.34 Å². The van der Waals surface area contributed by atoms with Gasteiger partial charge < -0.3 is 4.74 Å². The first kappa shape index (κ1) is 15.6. The van der Waals surface area contributed by atoms with Crippen LogP contribution in [0.4, 0.5) is 5.69 Å². The van der Waals surface area contributed by atoms with Crippen LogP contribution in [0, 0.1) is 10.1 Å². The number of ether oxygens (including phenoxy) is 1. The van der Waals surface area contributed by atoms with Gasteiger partial charge in [-0.2, -0.15) is 4.31 Å². The third-order valence-electron chi connectivity index (χ3n) is 2.96. The first-order valence-electron chi connectivity index (χ1n) is 5.70. The maximum Gasteiger partial charge on any atom is 0.300 e. The van der Waals surface area contributed by atoms with E-state index < -0.39 is 20.5 Å². The van der Waals surface area contributed by atoms with E-state index in [1.54, 1.807) is 13.8 Å². The molecule has 10 heteroatoms. The minimum Gasteiger partial charge on any atom is -0.378 e. The molecule has 0 radical (unpaired) electrons. The second-order valence-electron chi connectivity index (χ2n) is 4.92. The molecule has 20 heavy (non-hydrogen) atoms. The maximum absolute atomic E-state index is 12.6. The molecule has 0 aliphatic carbocycles. The molecule has 0 aromatic carbocycles. The molecule has 112 valence electrons. The Bertz CT molecular complexity index is 640. The van der Waals surface area contributed by atoms with E-state index in [0.717, 1.165) is 6.07 Å². The zero-order valence-corrected chi connectivity index (χ0v) is 13.2. The summed E-state index contributed by atoms with van der Waals surface area (Å²) in [5, 5.41) is 10.8. The normalized spacial score (nSPS) is 19.9. The predicted molar refractivity (Wildman–Crippen MR) is 74.8 cm³/mol. The summed E-state index contributed by atoms with van der Waals surface area (Å²) in [5.41, 5.74) is -1.09. The highest BCUT2D eigenvalue weighted by Crippen LogP contribution is 2.39. The summed E-state index contributed by atoms with van der Waals surface area (Å²) in [5.74, 6) is 0. The van der Waals surface area contributed by atoms with E-state index in [0.29, 0.717) is 17.9 Å². The van der Waals surface area contributed by atoms with Crippen LogP contribution in [0.25, 0.3) is 0 Å². The molecule has 1 aromatic rings. The lowest BCUT2D eigenvalue weighted by Crippen LogP contribution is -2.55. The van der Waals surface area contributed by atoms with Crippen molar-refractivity contribution in [3.05, 3.63) is 20.5 Å². The van der Waals surface area contributed by atoms with Gasteiger partial charge in [-0.3, -0.25) is 10.1 Å². The van der Waals surface area contributed by atoms with Crippen molar-refractivity contribution in [1.29, 1.82) is 0 Å². The van der Waals surface area contributed by atoms with Gasteiger partial charge in [0.05, 0.1) is 23.7 Å². The van der Waals surface area contributed by atoms with E-state index in [4.69, 9.17) is 16.3 Å². The Kier molecular flexibility index (Phi) is 4.09. The molecule has 0 atom stereocenters. The van der Waals surface area contributed by atoms with E-state index in [2.05, 4.69) is 0 Å². The fourth-order valence-corrected chi connectivity index (χ4v) is 5.52. The van der Waals surface area contributed by atoms with Crippen LogP contribution >= 0.6 is 22.9 Å². The molecule has 1 aliphatic rings. The van der Waals surface area contributed by atoms with Crippen LogP contribution < -0.4 is 0 Å².